The molecule has 1 aromatic carbocycles. The monoisotopic (exact) mass is 306 g/mol. The van der Waals surface area contributed by atoms with Crippen molar-refractivity contribution in [3.63, 3.8) is 0 Å². The van der Waals surface area contributed by atoms with E-state index in [2.05, 4.69) is 32.6 Å². The van der Waals surface area contributed by atoms with Crippen molar-refractivity contribution in [3.05, 3.63) is 28.2 Å². The lowest BCUT2D eigenvalue weighted by Gasteiger charge is -2.26. The Morgan fingerprint density at radius 3 is 2.81 bits per heavy atom. The average molecular weight is 308 g/mol. The van der Waals surface area contributed by atoms with E-state index in [4.69, 9.17) is 4.74 Å². The van der Waals surface area contributed by atoms with Gasteiger partial charge in [-0.15, -0.1) is 12.4 Å². The van der Waals surface area contributed by atoms with Crippen LogP contribution in [0.3, 0.4) is 0 Å². The van der Waals surface area contributed by atoms with Gasteiger partial charge in [0.1, 0.15) is 5.75 Å². The maximum atomic E-state index is 5.23. The highest BCUT2D eigenvalue weighted by molar-refractivity contribution is 9.10. The van der Waals surface area contributed by atoms with Crippen LogP contribution in [0, 0.1) is 0 Å². The van der Waals surface area contributed by atoms with Gasteiger partial charge >= 0.3 is 0 Å². The van der Waals surface area contributed by atoms with E-state index in [1.54, 1.807) is 7.11 Å². The van der Waals surface area contributed by atoms with Gasteiger partial charge in [-0.2, -0.15) is 0 Å². The number of hydrogen-bond donors (Lipinski definition) is 2. The third kappa shape index (κ3) is 3.10. The van der Waals surface area contributed by atoms with Crippen LogP contribution in [0.2, 0.25) is 0 Å². The van der Waals surface area contributed by atoms with Gasteiger partial charge in [0.15, 0.2) is 0 Å². The summed E-state index contributed by atoms with van der Waals surface area (Å²) in [5.74, 6) is 0.903. The van der Waals surface area contributed by atoms with Gasteiger partial charge in [-0.25, -0.2) is 0 Å². The SMILES string of the molecule is COc1ccc(Br)c([C@H]2CNCCN2)c1.Cl. The van der Waals surface area contributed by atoms with Crippen LogP contribution in [0.5, 0.6) is 5.75 Å². The Hall–Kier alpha value is -0.290. The first-order valence-corrected chi connectivity index (χ1v) is 5.88. The summed E-state index contributed by atoms with van der Waals surface area (Å²) in [5.41, 5.74) is 1.25. The zero-order valence-electron chi connectivity index (χ0n) is 9.13. The second-order valence-electron chi connectivity index (χ2n) is 3.60. The van der Waals surface area contributed by atoms with E-state index < -0.39 is 0 Å². The minimum atomic E-state index is 0. The minimum absolute atomic E-state index is 0. The number of hydrogen-bond acceptors (Lipinski definition) is 3. The van der Waals surface area contributed by atoms with Crippen LogP contribution in [0.1, 0.15) is 11.6 Å². The highest BCUT2D eigenvalue weighted by atomic mass is 79.9. The molecular formula is C11H16BrClN2O. The van der Waals surface area contributed by atoms with Gasteiger partial charge in [0.25, 0.3) is 0 Å². The van der Waals surface area contributed by atoms with Crippen molar-refractivity contribution in [2.24, 2.45) is 0 Å². The highest BCUT2D eigenvalue weighted by Crippen LogP contribution is 2.27. The smallest absolute Gasteiger partial charge is 0.119 e. The molecule has 16 heavy (non-hydrogen) atoms. The zero-order chi connectivity index (χ0) is 10.7. The summed E-state index contributed by atoms with van der Waals surface area (Å²) in [7, 11) is 1.69. The van der Waals surface area contributed by atoms with Gasteiger partial charge in [-0.1, -0.05) is 15.9 Å². The van der Waals surface area contributed by atoms with Crippen molar-refractivity contribution >= 4 is 28.3 Å². The lowest BCUT2D eigenvalue weighted by molar-refractivity contribution is 0.406. The van der Waals surface area contributed by atoms with Crippen molar-refractivity contribution in [2.75, 3.05) is 26.7 Å². The Labute approximate surface area is 110 Å². The maximum absolute atomic E-state index is 5.23. The molecule has 1 heterocycles. The van der Waals surface area contributed by atoms with Gasteiger partial charge in [0.2, 0.25) is 0 Å². The molecule has 2 rings (SSSR count). The summed E-state index contributed by atoms with van der Waals surface area (Å²) >= 11 is 3.57. The summed E-state index contributed by atoms with van der Waals surface area (Å²) in [6, 6.07) is 6.44. The molecule has 90 valence electrons. The molecule has 0 bridgehead atoms. The number of ether oxygens (including phenoxy) is 1. The number of rotatable bonds is 2. The topological polar surface area (TPSA) is 33.3 Å². The zero-order valence-corrected chi connectivity index (χ0v) is 11.5. The molecule has 1 saturated heterocycles. The van der Waals surface area contributed by atoms with E-state index in [-0.39, 0.29) is 12.4 Å². The van der Waals surface area contributed by atoms with Crippen LogP contribution in [0.15, 0.2) is 22.7 Å². The summed E-state index contributed by atoms with van der Waals surface area (Å²) in [6.07, 6.45) is 0. The van der Waals surface area contributed by atoms with Gasteiger partial charge < -0.3 is 15.4 Å². The molecular weight excluding hydrogens is 291 g/mol. The fourth-order valence-electron chi connectivity index (χ4n) is 1.79. The van der Waals surface area contributed by atoms with Crippen molar-refractivity contribution in [2.45, 2.75) is 6.04 Å². The molecule has 0 spiro atoms. The third-order valence-electron chi connectivity index (χ3n) is 2.62. The number of nitrogens with one attached hydrogen (secondary N) is 2. The van der Waals surface area contributed by atoms with E-state index in [0.717, 1.165) is 29.9 Å². The molecule has 1 aromatic rings. The Morgan fingerprint density at radius 1 is 1.38 bits per heavy atom. The largest absolute Gasteiger partial charge is 0.497 e. The summed E-state index contributed by atoms with van der Waals surface area (Å²) in [4.78, 5) is 0. The first-order valence-electron chi connectivity index (χ1n) is 5.09. The van der Waals surface area contributed by atoms with Crippen molar-refractivity contribution in [1.29, 1.82) is 0 Å². The molecule has 1 atom stereocenters. The second-order valence-corrected chi connectivity index (χ2v) is 4.45. The van der Waals surface area contributed by atoms with Crippen molar-refractivity contribution in [3.8, 4) is 5.75 Å². The molecule has 0 aliphatic carbocycles. The summed E-state index contributed by atoms with van der Waals surface area (Å²) in [5, 5.41) is 6.85. The van der Waals surface area contributed by atoms with Crippen molar-refractivity contribution in [1.82, 2.24) is 10.6 Å². The van der Waals surface area contributed by atoms with Crippen LogP contribution < -0.4 is 15.4 Å². The number of halogens is 2. The third-order valence-corrected chi connectivity index (χ3v) is 3.34. The molecule has 1 aliphatic heterocycles. The van der Waals surface area contributed by atoms with Gasteiger partial charge in [-0.05, 0) is 23.8 Å². The number of benzene rings is 1. The first kappa shape index (κ1) is 13.8. The van der Waals surface area contributed by atoms with Crippen LogP contribution in [0.4, 0.5) is 0 Å². The fraction of sp³-hybridized carbons (Fsp3) is 0.455. The predicted octanol–water partition coefficient (Wildman–Crippen LogP) is 2.11. The molecule has 5 heteroatoms. The van der Waals surface area contributed by atoms with E-state index in [1.165, 1.54) is 5.56 Å². The molecule has 3 nitrogen and oxygen atoms in total. The normalized spacial score (nSPS) is 20.0. The molecule has 0 unspecified atom stereocenters. The molecule has 0 aromatic heterocycles. The van der Waals surface area contributed by atoms with E-state index in [0.29, 0.717) is 6.04 Å². The molecule has 1 fully saturated rings. The van der Waals surface area contributed by atoms with Gasteiger partial charge in [0, 0.05) is 30.1 Å². The highest BCUT2D eigenvalue weighted by Gasteiger charge is 2.17. The Balaban J connectivity index is 0.00000128. The molecule has 1 aliphatic rings. The molecule has 0 amide bonds. The van der Waals surface area contributed by atoms with Crippen LogP contribution in [0.25, 0.3) is 0 Å². The van der Waals surface area contributed by atoms with E-state index in [9.17, 15) is 0 Å². The fourth-order valence-corrected chi connectivity index (χ4v) is 2.31. The Bertz CT molecular complexity index is 343. The maximum Gasteiger partial charge on any atom is 0.119 e. The molecule has 0 saturated carbocycles. The van der Waals surface area contributed by atoms with E-state index in [1.807, 2.05) is 12.1 Å². The lowest BCUT2D eigenvalue weighted by atomic mass is 10.1. The van der Waals surface area contributed by atoms with E-state index >= 15 is 0 Å². The van der Waals surface area contributed by atoms with Gasteiger partial charge in [-0.3, -0.25) is 0 Å². The number of methoxy groups -OCH3 is 1. The average Bonchev–Trinajstić information content (AvgIpc) is 2.31. The van der Waals surface area contributed by atoms with Crippen LogP contribution in [-0.2, 0) is 0 Å². The van der Waals surface area contributed by atoms with Crippen LogP contribution in [-0.4, -0.2) is 26.7 Å². The first-order chi connectivity index (χ1) is 7.31. The summed E-state index contributed by atoms with van der Waals surface area (Å²) < 4.78 is 6.36. The van der Waals surface area contributed by atoms with Crippen molar-refractivity contribution < 1.29 is 4.74 Å². The predicted molar refractivity (Wildman–Crippen MR) is 71.6 cm³/mol. The van der Waals surface area contributed by atoms with Gasteiger partial charge in [0.05, 0.1) is 7.11 Å². The standard InChI is InChI=1S/C11H15BrN2O.ClH/c1-15-8-2-3-10(12)9(6-8)11-7-13-4-5-14-11;/h2-3,6,11,13-14H,4-5,7H2,1H3;1H/t11-;/m1./s1. The summed E-state index contributed by atoms with van der Waals surface area (Å²) in [6.45, 7) is 3.01. The quantitative estimate of drug-likeness (QED) is 0.878. The number of piperazine rings is 1. The molecule has 0 radical (unpaired) electrons. The van der Waals surface area contributed by atoms with Crippen LogP contribution >= 0.6 is 28.3 Å². The Morgan fingerprint density at radius 2 is 2.19 bits per heavy atom. The molecule has 2 N–H and O–H groups in total. The Kier molecular flexibility index (Phi) is 5.55. The second kappa shape index (κ2) is 6.45. The lowest BCUT2D eigenvalue weighted by Crippen LogP contribution is -2.42. The minimum Gasteiger partial charge on any atom is -0.497 e.